The molecule has 43 heavy (non-hydrogen) atoms. The van der Waals surface area contributed by atoms with E-state index in [2.05, 4.69) is 46.3 Å². The second-order valence-electron chi connectivity index (χ2n) is 10.2. The molecule has 0 aromatic heterocycles. The Morgan fingerprint density at radius 2 is 1.88 bits per heavy atom. The molecule has 0 bridgehead atoms. The van der Waals surface area contributed by atoms with E-state index in [0.717, 1.165) is 35.4 Å². The highest BCUT2D eigenvalue weighted by Crippen LogP contribution is 2.31. The van der Waals surface area contributed by atoms with Crippen LogP contribution in [0.15, 0.2) is 70.2 Å². The Balaban J connectivity index is 0.000000304. The van der Waals surface area contributed by atoms with Gasteiger partial charge in [-0.25, -0.2) is 9.38 Å². The largest absolute Gasteiger partial charge is 0.416 e. The molecule has 0 amide bonds. The molecule has 2 unspecified atom stereocenters. The molecule has 11 heteroatoms. The number of nitrogens with zero attached hydrogens (tertiary/aromatic N) is 4. The number of hydrazone groups is 1. The number of nitrogens with one attached hydrogen (secondary N) is 2. The second-order valence-corrected chi connectivity index (χ2v) is 10.2. The summed E-state index contributed by atoms with van der Waals surface area (Å²) < 4.78 is 58.1. The Morgan fingerprint density at radius 1 is 1.16 bits per heavy atom. The Labute approximate surface area is 252 Å². The monoisotopic (exact) mass is 604 g/mol. The lowest BCUT2D eigenvalue weighted by atomic mass is 10.0. The molecule has 0 saturated carbocycles. The standard InChI is InChI=1S/C17H18F3N3.C15H26FN3O/c1-3-12-9-16(8-7-13(12)11-22-21-2)23-15-6-4-5-14(10-15)17(18,19)20;1-6-13(16)15(18-12(5)17-7-2)19-8-9-20-14(10-19)11(3)4/h4-11,21,23H,3H2,1-2H3;6,11,13-14H,1,7-10H2,2-5H3/b22-11+;. The van der Waals surface area contributed by atoms with Crippen molar-refractivity contribution in [2.75, 3.05) is 38.6 Å². The fourth-order valence-electron chi connectivity index (χ4n) is 4.32. The number of halogens is 4. The number of aryl methyl sites for hydroxylation is 1. The predicted octanol–water partition coefficient (Wildman–Crippen LogP) is 7.27. The van der Waals surface area contributed by atoms with Crippen molar-refractivity contribution in [3.05, 3.63) is 71.8 Å². The van der Waals surface area contributed by atoms with Gasteiger partial charge in [0.1, 0.15) is 11.7 Å². The quantitative estimate of drug-likeness (QED) is 0.104. The molecule has 0 aliphatic carbocycles. The Kier molecular flexibility index (Phi) is 14.4. The van der Waals surface area contributed by atoms with Crippen LogP contribution in [0.1, 0.15) is 51.3 Å². The smallest absolute Gasteiger partial charge is 0.374 e. The van der Waals surface area contributed by atoms with Gasteiger partial charge in [0.05, 0.1) is 24.5 Å². The van der Waals surface area contributed by atoms with E-state index in [1.165, 1.54) is 12.1 Å². The van der Waals surface area contributed by atoms with E-state index in [1.54, 1.807) is 26.3 Å². The highest BCUT2D eigenvalue weighted by Gasteiger charge is 2.30. The van der Waals surface area contributed by atoms with Crippen molar-refractivity contribution < 1.29 is 22.3 Å². The highest BCUT2D eigenvalue weighted by atomic mass is 19.4. The Hall–Kier alpha value is -3.73. The molecule has 1 saturated heterocycles. The lowest BCUT2D eigenvalue weighted by Gasteiger charge is -2.37. The molecule has 2 aromatic rings. The number of morpholine rings is 1. The Bertz CT molecular complexity index is 1260. The Morgan fingerprint density at radius 3 is 2.49 bits per heavy atom. The van der Waals surface area contributed by atoms with Crippen molar-refractivity contribution in [3.63, 3.8) is 0 Å². The molecule has 3 rings (SSSR count). The van der Waals surface area contributed by atoms with Crippen LogP contribution in [0.25, 0.3) is 0 Å². The normalized spacial score (nSPS) is 17.0. The molecule has 1 aliphatic rings. The van der Waals surface area contributed by atoms with E-state index in [1.807, 2.05) is 36.9 Å². The molecule has 2 aromatic carbocycles. The van der Waals surface area contributed by atoms with Crippen LogP contribution >= 0.6 is 0 Å². The summed E-state index contributed by atoms with van der Waals surface area (Å²) in [6.45, 7) is 16.0. The third kappa shape index (κ3) is 11.5. The minimum absolute atomic E-state index is 0.106. The van der Waals surface area contributed by atoms with E-state index in [0.29, 0.717) is 49.5 Å². The van der Waals surface area contributed by atoms with Gasteiger partial charge in [0.2, 0.25) is 0 Å². The summed E-state index contributed by atoms with van der Waals surface area (Å²) in [5.41, 5.74) is 5.18. The van der Waals surface area contributed by atoms with Crippen LogP contribution in [-0.4, -0.2) is 68.4 Å². The van der Waals surface area contributed by atoms with E-state index in [-0.39, 0.29) is 6.10 Å². The minimum atomic E-state index is -4.35. The maximum absolute atomic E-state index is 14.1. The molecule has 1 heterocycles. The van der Waals surface area contributed by atoms with Gasteiger partial charge < -0.3 is 20.4 Å². The van der Waals surface area contributed by atoms with Crippen LogP contribution in [0.4, 0.5) is 28.9 Å². The summed E-state index contributed by atoms with van der Waals surface area (Å²) in [5, 5.41) is 7.00. The van der Waals surface area contributed by atoms with Crippen LogP contribution in [0.2, 0.25) is 0 Å². The molecule has 7 nitrogen and oxygen atoms in total. The van der Waals surface area contributed by atoms with Crippen molar-refractivity contribution >= 4 is 29.3 Å². The lowest BCUT2D eigenvalue weighted by Crippen LogP contribution is -2.49. The van der Waals surface area contributed by atoms with Crippen LogP contribution in [0.5, 0.6) is 0 Å². The summed E-state index contributed by atoms with van der Waals surface area (Å²) in [7, 11) is 1.71. The van der Waals surface area contributed by atoms with E-state index in [4.69, 9.17) is 4.74 Å². The molecule has 2 N–H and O–H groups in total. The molecular formula is C32H44F4N6O. The fraction of sp³-hybridized carbons (Fsp3) is 0.469. The maximum Gasteiger partial charge on any atom is 0.416 e. The molecule has 2 atom stereocenters. The molecule has 0 radical (unpaired) electrons. The number of anilines is 2. The van der Waals surface area contributed by atoms with Crippen molar-refractivity contribution in [1.29, 1.82) is 0 Å². The fourth-order valence-corrected chi connectivity index (χ4v) is 4.32. The van der Waals surface area contributed by atoms with E-state index < -0.39 is 17.9 Å². The van der Waals surface area contributed by atoms with Gasteiger partial charge in [-0.3, -0.25) is 4.99 Å². The van der Waals surface area contributed by atoms with Gasteiger partial charge in [-0.1, -0.05) is 45.6 Å². The third-order valence-electron chi connectivity index (χ3n) is 6.61. The van der Waals surface area contributed by atoms with Crippen LogP contribution < -0.4 is 10.7 Å². The number of benzene rings is 2. The predicted molar refractivity (Wildman–Crippen MR) is 170 cm³/mol. The summed E-state index contributed by atoms with van der Waals surface area (Å²) >= 11 is 0. The number of alkyl halides is 4. The van der Waals surface area contributed by atoms with E-state index in [9.17, 15) is 17.6 Å². The number of hydrogen-bond acceptors (Lipinski definition) is 5. The number of rotatable bonds is 9. The summed E-state index contributed by atoms with van der Waals surface area (Å²) in [5.74, 6) is 1.38. The summed E-state index contributed by atoms with van der Waals surface area (Å²) in [4.78, 5) is 10.5. The van der Waals surface area contributed by atoms with Crippen LogP contribution in [-0.2, 0) is 17.3 Å². The molecule has 1 aliphatic heterocycles. The zero-order valence-electron chi connectivity index (χ0n) is 25.9. The maximum atomic E-state index is 14.1. The number of hydrogen-bond donors (Lipinski definition) is 2. The van der Waals surface area contributed by atoms with Crippen LogP contribution in [0.3, 0.4) is 0 Å². The van der Waals surface area contributed by atoms with Gasteiger partial charge in [0.25, 0.3) is 0 Å². The first kappa shape index (κ1) is 35.5. The average Bonchev–Trinajstić information content (AvgIpc) is 2.99. The zero-order valence-corrected chi connectivity index (χ0v) is 25.9. The first-order chi connectivity index (χ1) is 20.4. The van der Waals surface area contributed by atoms with E-state index >= 15 is 0 Å². The van der Waals surface area contributed by atoms with Crippen molar-refractivity contribution in [2.24, 2.45) is 21.0 Å². The molecule has 0 spiro atoms. The molecule has 236 valence electrons. The minimum Gasteiger partial charge on any atom is -0.374 e. The van der Waals surface area contributed by atoms with Crippen molar-refractivity contribution in [1.82, 2.24) is 10.3 Å². The van der Waals surface area contributed by atoms with Gasteiger partial charge in [-0.05, 0) is 67.6 Å². The first-order valence-electron chi connectivity index (χ1n) is 14.4. The lowest BCUT2D eigenvalue weighted by molar-refractivity contribution is -0.137. The van der Waals surface area contributed by atoms with Gasteiger partial charge in [0.15, 0.2) is 6.17 Å². The molecular weight excluding hydrogens is 560 g/mol. The van der Waals surface area contributed by atoms with Gasteiger partial charge in [-0.15, -0.1) is 0 Å². The van der Waals surface area contributed by atoms with Crippen molar-refractivity contribution in [3.8, 4) is 0 Å². The molecule has 1 fully saturated rings. The summed E-state index contributed by atoms with van der Waals surface area (Å²) in [6.07, 6.45) is -1.73. The highest BCUT2D eigenvalue weighted by molar-refractivity contribution is 5.99. The topological polar surface area (TPSA) is 73.6 Å². The summed E-state index contributed by atoms with van der Waals surface area (Å²) in [6, 6.07) is 10.8. The van der Waals surface area contributed by atoms with Crippen molar-refractivity contribution in [2.45, 2.75) is 59.5 Å². The van der Waals surface area contributed by atoms with Gasteiger partial charge in [0, 0.05) is 38.1 Å². The zero-order chi connectivity index (χ0) is 32.0. The van der Waals surface area contributed by atoms with Crippen LogP contribution in [0, 0.1) is 5.92 Å². The number of ether oxygens (including phenoxy) is 1. The second kappa shape index (κ2) is 17.4. The SMILES string of the molecule is C=CC(F)C(=NC(C)=NCC)N1CCOC(C(C)C)C1.CCc1cc(Nc2cccc(C(F)(F)F)c2)ccc1/C=N/NC. The third-order valence-corrected chi connectivity index (χ3v) is 6.61. The number of amidine groups is 2. The first-order valence-corrected chi connectivity index (χ1v) is 14.4. The number of aliphatic imine (C=N–C) groups is 2. The average molecular weight is 605 g/mol. The van der Waals surface area contributed by atoms with Gasteiger partial charge in [-0.2, -0.15) is 18.3 Å². The van der Waals surface area contributed by atoms with Gasteiger partial charge >= 0.3 is 6.18 Å².